The Bertz CT molecular complexity index is 651. The molecular weight excluding hydrogens is 323 g/mol. The standard InChI is InChI=1S/C15H21FN2O4S/c1-18(7-8-22-14-5-3-2-4-13(14)16)10-15(19)17-12-6-9-23(20,21)11-12/h2-5,12H,6-11H2,1H3,(H,17,19)/t12-/m1/s1. The van der Waals surface area contributed by atoms with Gasteiger partial charge in [-0.3, -0.25) is 9.69 Å². The second-order valence-corrected chi connectivity index (χ2v) is 7.91. The Morgan fingerprint density at radius 2 is 2.17 bits per heavy atom. The SMILES string of the molecule is CN(CCOc1ccccc1F)CC(=O)N[C@@H]1CCS(=O)(=O)C1. The molecule has 0 aliphatic carbocycles. The number of carbonyl (C=O) groups is 1. The maximum atomic E-state index is 13.4. The van der Waals surface area contributed by atoms with Crippen molar-refractivity contribution in [2.24, 2.45) is 0 Å². The number of carbonyl (C=O) groups excluding carboxylic acids is 1. The van der Waals surface area contributed by atoms with Gasteiger partial charge in [-0.1, -0.05) is 12.1 Å². The van der Waals surface area contributed by atoms with Gasteiger partial charge in [0.2, 0.25) is 5.91 Å². The molecule has 8 heteroatoms. The monoisotopic (exact) mass is 344 g/mol. The first-order valence-corrected chi connectivity index (χ1v) is 9.23. The lowest BCUT2D eigenvalue weighted by Crippen LogP contribution is -2.42. The summed E-state index contributed by atoms with van der Waals surface area (Å²) in [7, 11) is -1.26. The minimum atomic E-state index is -3.00. The number of sulfone groups is 1. The zero-order valence-corrected chi connectivity index (χ0v) is 13.8. The van der Waals surface area contributed by atoms with Gasteiger partial charge >= 0.3 is 0 Å². The van der Waals surface area contributed by atoms with Crippen molar-refractivity contribution in [3.8, 4) is 5.75 Å². The molecule has 0 unspecified atom stereocenters. The Labute approximate surface area is 135 Å². The van der Waals surface area contributed by atoms with E-state index in [-0.39, 0.29) is 42.4 Å². The highest BCUT2D eigenvalue weighted by atomic mass is 32.2. The summed E-state index contributed by atoms with van der Waals surface area (Å²) in [6.07, 6.45) is 0.466. The van der Waals surface area contributed by atoms with Crippen molar-refractivity contribution in [3.05, 3.63) is 30.1 Å². The average molecular weight is 344 g/mol. The molecule has 6 nitrogen and oxygen atoms in total. The fourth-order valence-electron chi connectivity index (χ4n) is 2.38. The van der Waals surface area contributed by atoms with Gasteiger partial charge < -0.3 is 10.1 Å². The third kappa shape index (κ3) is 5.80. The van der Waals surface area contributed by atoms with Gasteiger partial charge in [0.15, 0.2) is 21.4 Å². The van der Waals surface area contributed by atoms with Crippen LogP contribution in [0.25, 0.3) is 0 Å². The Balaban J connectivity index is 1.67. The molecule has 0 aromatic heterocycles. The Morgan fingerprint density at radius 1 is 1.43 bits per heavy atom. The minimum absolute atomic E-state index is 0.0127. The molecule has 1 aliphatic rings. The van der Waals surface area contributed by atoms with Crippen LogP contribution in [0.4, 0.5) is 4.39 Å². The third-order valence-electron chi connectivity index (χ3n) is 3.58. The van der Waals surface area contributed by atoms with Gasteiger partial charge in [0, 0.05) is 12.6 Å². The maximum absolute atomic E-state index is 13.4. The summed E-state index contributed by atoms with van der Waals surface area (Å²) < 4.78 is 41.4. The van der Waals surface area contributed by atoms with Gasteiger partial charge in [-0.25, -0.2) is 12.8 Å². The van der Waals surface area contributed by atoms with Crippen molar-refractivity contribution in [1.82, 2.24) is 10.2 Å². The van der Waals surface area contributed by atoms with E-state index in [2.05, 4.69) is 5.32 Å². The Kier molecular flexibility index (Phi) is 5.95. The normalized spacial score (nSPS) is 19.7. The number of hydrogen-bond donors (Lipinski definition) is 1. The summed E-state index contributed by atoms with van der Waals surface area (Å²) in [5.41, 5.74) is 0. The highest BCUT2D eigenvalue weighted by Gasteiger charge is 2.28. The highest BCUT2D eigenvalue weighted by molar-refractivity contribution is 7.91. The quantitative estimate of drug-likeness (QED) is 0.777. The first-order valence-electron chi connectivity index (χ1n) is 7.41. The number of benzene rings is 1. The molecule has 0 radical (unpaired) electrons. The van der Waals surface area contributed by atoms with Crippen molar-refractivity contribution in [3.63, 3.8) is 0 Å². The van der Waals surface area contributed by atoms with Gasteiger partial charge in [-0.2, -0.15) is 0 Å². The van der Waals surface area contributed by atoms with E-state index < -0.39 is 15.7 Å². The first kappa shape index (κ1) is 17.7. The number of halogens is 1. The fourth-order valence-corrected chi connectivity index (χ4v) is 4.05. The van der Waals surface area contributed by atoms with E-state index in [1.807, 2.05) is 0 Å². The van der Waals surface area contributed by atoms with Crippen LogP contribution < -0.4 is 10.1 Å². The van der Waals surface area contributed by atoms with E-state index in [0.29, 0.717) is 13.0 Å². The number of hydrogen-bond acceptors (Lipinski definition) is 5. The summed E-state index contributed by atoms with van der Waals surface area (Å²) in [5, 5.41) is 2.72. The van der Waals surface area contributed by atoms with E-state index in [9.17, 15) is 17.6 Å². The number of ether oxygens (including phenoxy) is 1. The zero-order valence-electron chi connectivity index (χ0n) is 13.0. The minimum Gasteiger partial charge on any atom is -0.489 e. The summed E-state index contributed by atoms with van der Waals surface area (Å²) in [6.45, 7) is 0.838. The molecule has 1 N–H and O–H groups in total. The van der Waals surface area contributed by atoms with E-state index in [0.717, 1.165) is 0 Å². The number of amides is 1. The Morgan fingerprint density at radius 3 is 2.83 bits per heavy atom. The second kappa shape index (κ2) is 7.74. The summed E-state index contributed by atoms with van der Waals surface area (Å²) in [4.78, 5) is 13.6. The lowest BCUT2D eigenvalue weighted by atomic mass is 10.2. The first-order chi connectivity index (χ1) is 10.9. The zero-order chi connectivity index (χ0) is 16.9. The van der Waals surface area contributed by atoms with E-state index in [1.165, 1.54) is 6.07 Å². The van der Waals surface area contributed by atoms with Crippen LogP contribution >= 0.6 is 0 Å². The summed E-state index contributed by atoms with van der Waals surface area (Å²) in [5.74, 6) is -0.319. The summed E-state index contributed by atoms with van der Waals surface area (Å²) >= 11 is 0. The molecule has 0 spiro atoms. The molecule has 23 heavy (non-hydrogen) atoms. The molecule has 1 aromatic carbocycles. The van der Waals surface area contributed by atoms with Crippen LogP contribution in [0.2, 0.25) is 0 Å². The van der Waals surface area contributed by atoms with Crippen LogP contribution in [0, 0.1) is 5.82 Å². The van der Waals surface area contributed by atoms with E-state index in [4.69, 9.17) is 4.74 Å². The molecule has 128 valence electrons. The maximum Gasteiger partial charge on any atom is 0.234 e. The van der Waals surface area contributed by atoms with Crippen LogP contribution in [0.3, 0.4) is 0 Å². The lowest BCUT2D eigenvalue weighted by Gasteiger charge is -2.18. The second-order valence-electron chi connectivity index (χ2n) is 5.68. The average Bonchev–Trinajstić information content (AvgIpc) is 2.79. The number of nitrogens with zero attached hydrogens (tertiary/aromatic N) is 1. The molecule has 1 amide bonds. The molecule has 1 aromatic rings. The van der Waals surface area contributed by atoms with Gasteiger partial charge in [0.1, 0.15) is 6.61 Å². The molecule has 0 bridgehead atoms. The van der Waals surface area contributed by atoms with Crippen molar-refractivity contribution < 1.29 is 22.3 Å². The van der Waals surface area contributed by atoms with Gasteiger partial charge in [0.25, 0.3) is 0 Å². The third-order valence-corrected chi connectivity index (χ3v) is 5.35. The van der Waals surface area contributed by atoms with Gasteiger partial charge in [0.05, 0.1) is 18.1 Å². The number of nitrogens with one attached hydrogen (secondary N) is 1. The fraction of sp³-hybridized carbons (Fsp3) is 0.533. The molecule has 1 saturated heterocycles. The number of para-hydroxylation sites is 1. The largest absolute Gasteiger partial charge is 0.489 e. The molecule has 1 heterocycles. The molecule has 1 fully saturated rings. The smallest absolute Gasteiger partial charge is 0.234 e. The predicted octanol–water partition coefficient (Wildman–Crippen LogP) is 0.440. The van der Waals surface area contributed by atoms with Crippen molar-refractivity contribution in [2.45, 2.75) is 12.5 Å². The number of rotatable bonds is 7. The van der Waals surface area contributed by atoms with Crippen LogP contribution in [-0.2, 0) is 14.6 Å². The topological polar surface area (TPSA) is 75.7 Å². The molecule has 1 aliphatic heterocycles. The van der Waals surface area contributed by atoms with Crippen molar-refractivity contribution in [1.29, 1.82) is 0 Å². The van der Waals surface area contributed by atoms with Crippen molar-refractivity contribution >= 4 is 15.7 Å². The van der Waals surface area contributed by atoms with Crippen molar-refractivity contribution in [2.75, 3.05) is 38.2 Å². The van der Waals surface area contributed by atoms with Gasteiger partial charge in [-0.05, 0) is 25.6 Å². The summed E-state index contributed by atoms with van der Waals surface area (Å²) in [6, 6.07) is 5.84. The highest BCUT2D eigenvalue weighted by Crippen LogP contribution is 2.15. The van der Waals surface area contributed by atoms with Gasteiger partial charge in [-0.15, -0.1) is 0 Å². The molecule has 2 rings (SSSR count). The van der Waals surface area contributed by atoms with Crippen LogP contribution in [0.15, 0.2) is 24.3 Å². The van der Waals surface area contributed by atoms with E-state index >= 15 is 0 Å². The van der Waals surface area contributed by atoms with Crippen LogP contribution in [0.1, 0.15) is 6.42 Å². The molecule has 1 atom stereocenters. The Hall–Kier alpha value is -1.67. The predicted molar refractivity (Wildman–Crippen MR) is 84.6 cm³/mol. The lowest BCUT2D eigenvalue weighted by molar-refractivity contribution is -0.122. The van der Waals surface area contributed by atoms with Crippen LogP contribution in [0.5, 0.6) is 5.75 Å². The molecule has 0 saturated carbocycles. The number of likely N-dealkylation sites (N-methyl/N-ethyl adjacent to an activating group) is 1. The van der Waals surface area contributed by atoms with Crippen LogP contribution in [-0.4, -0.2) is 63.5 Å². The van der Waals surface area contributed by atoms with E-state index in [1.54, 1.807) is 30.1 Å². The molecular formula is C15H21FN2O4S.